The van der Waals surface area contributed by atoms with Crippen LogP contribution in [0, 0.1) is 10.1 Å². The van der Waals surface area contributed by atoms with Crippen LogP contribution in [0.2, 0.25) is 0 Å². The van der Waals surface area contributed by atoms with Gasteiger partial charge in [0.25, 0.3) is 5.69 Å². The molecular weight excluding hydrogens is 202 g/mol. The lowest BCUT2D eigenvalue weighted by atomic mass is 10.2. The maximum atomic E-state index is 10.5. The number of hydrogen-bond acceptors (Lipinski definition) is 6. The Kier molecular flexibility index (Phi) is 3.06. The first-order valence-electron chi connectivity index (χ1n) is 3.88. The first kappa shape index (κ1) is 10.8. The van der Waals surface area contributed by atoms with Crippen LogP contribution in [0.1, 0.15) is 5.56 Å². The average molecular weight is 211 g/mol. The molecule has 0 bridgehead atoms. The number of hydrogen-bond donors (Lipinski definition) is 2. The predicted octanol–water partition coefficient (Wildman–Crippen LogP) is 0.602. The van der Waals surface area contributed by atoms with Crippen molar-refractivity contribution in [2.75, 3.05) is 7.11 Å². The molecule has 7 heteroatoms. The number of nitrogens with zero attached hydrogens (tertiary/aromatic N) is 2. The van der Waals surface area contributed by atoms with Gasteiger partial charge in [-0.25, -0.2) is 0 Å². The second kappa shape index (κ2) is 4.27. The lowest BCUT2D eigenvalue weighted by Gasteiger charge is -2.05. The molecule has 3 N–H and O–H groups in total. The van der Waals surface area contributed by atoms with E-state index in [0.717, 1.165) is 18.3 Å². The van der Waals surface area contributed by atoms with Gasteiger partial charge in [0.2, 0.25) is 0 Å². The number of phenols is 1. The molecule has 1 aromatic carbocycles. The Morgan fingerprint density at radius 2 is 2.33 bits per heavy atom. The van der Waals surface area contributed by atoms with Gasteiger partial charge in [0.05, 0.1) is 24.3 Å². The van der Waals surface area contributed by atoms with Gasteiger partial charge in [-0.1, -0.05) is 0 Å². The molecule has 0 saturated carbocycles. The van der Waals surface area contributed by atoms with Crippen LogP contribution in [0.15, 0.2) is 17.2 Å². The molecule has 0 aliphatic heterocycles. The first-order valence-corrected chi connectivity index (χ1v) is 3.88. The zero-order valence-corrected chi connectivity index (χ0v) is 7.88. The van der Waals surface area contributed by atoms with Crippen LogP contribution in [0.5, 0.6) is 11.5 Å². The Bertz CT molecular complexity index is 417. The van der Waals surface area contributed by atoms with E-state index in [0.29, 0.717) is 0 Å². The molecule has 0 fully saturated rings. The molecule has 0 saturated heterocycles. The number of ether oxygens (including phenoxy) is 1. The highest BCUT2D eigenvalue weighted by atomic mass is 16.6. The summed E-state index contributed by atoms with van der Waals surface area (Å²) in [5.41, 5.74) is -0.0805. The minimum absolute atomic E-state index is 0.000833. The van der Waals surface area contributed by atoms with Gasteiger partial charge in [0, 0.05) is 11.6 Å². The summed E-state index contributed by atoms with van der Waals surface area (Å²) in [5, 5.41) is 23.2. The molecule has 1 rings (SSSR count). The largest absolute Gasteiger partial charge is 0.504 e. The van der Waals surface area contributed by atoms with E-state index in [2.05, 4.69) is 5.10 Å². The van der Waals surface area contributed by atoms with Gasteiger partial charge in [0.15, 0.2) is 11.5 Å². The monoisotopic (exact) mass is 211 g/mol. The molecule has 0 radical (unpaired) electrons. The van der Waals surface area contributed by atoms with Gasteiger partial charge in [-0.3, -0.25) is 10.1 Å². The van der Waals surface area contributed by atoms with Crippen molar-refractivity contribution >= 4 is 11.9 Å². The van der Waals surface area contributed by atoms with Gasteiger partial charge in [-0.2, -0.15) is 5.10 Å². The Morgan fingerprint density at radius 3 is 2.80 bits per heavy atom. The number of hydrazone groups is 1. The SMILES string of the molecule is COc1cc([N+](=O)[O-])cc(/C=N/N)c1O. The fourth-order valence-corrected chi connectivity index (χ4v) is 1.05. The van der Waals surface area contributed by atoms with Crippen LogP contribution < -0.4 is 10.6 Å². The van der Waals surface area contributed by atoms with Crippen molar-refractivity contribution < 1.29 is 14.8 Å². The summed E-state index contributed by atoms with van der Waals surface area (Å²) in [6.45, 7) is 0. The number of rotatable bonds is 3. The maximum Gasteiger partial charge on any atom is 0.274 e. The van der Waals surface area contributed by atoms with Crippen LogP contribution >= 0.6 is 0 Å². The fourth-order valence-electron chi connectivity index (χ4n) is 1.05. The molecule has 15 heavy (non-hydrogen) atoms. The van der Waals surface area contributed by atoms with Crippen LogP contribution in [0.4, 0.5) is 5.69 Å². The number of non-ortho nitro benzene ring substituents is 1. The van der Waals surface area contributed by atoms with Crippen molar-refractivity contribution in [3.63, 3.8) is 0 Å². The van der Waals surface area contributed by atoms with Crippen LogP contribution in [0.25, 0.3) is 0 Å². The van der Waals surface area contributed by atoms with Crippen LogP contribution in [-0.2, 0) is 0 Å². The number of aromatic hydroxyl groups is 1. The summed E-state index contributed by atoms with van der Waals surface area (Å²) in [5.74, 6) is 4.66. The number of methoxy groups -OCH3 is 1. The second-order valence-corrected chi connectivity index (χ2v) is 2.62. The summed E-state index contributed by atoms with van der Waals surface area (Å²) in [4.78, 5) is 9.93. The summed E-state index contributed by atoms with van der Waals surface area (Å²) in [6, 6.07) is 2.26. The highest BCUT2D eigenvalue weighted by Crippen LogP contribution is 2.33. The molecule has 0 spiro atoms. The normalized spacial score (nSPS) is 10.5. The zero-order valence-electron chi connectivity index (χ0n) is 7.88. The van der Waals surface area contributed by atoms with Crippen LogP contribution in [0.3, 0.4) is 0 Å². The number of nitro groups is 1. The van der Waals surface area contributed by atoms with Crippen molar-refractivity contribution in [3.8, 4) is 11.5 Å². The third-order valence-electron chi connectivity index (χ3n) is 1.73. The lowest BCUT2D eigenvalue weighted by molar-refractivity contribution is -0.385. The lowest BCUT2D eigenvalue weighted by Crippen LogP contribution is -1.95. The van der Waals surface area contributed by atoms with Crippen molar-refractivity contribution in [2.24, 2.45) is 10.9 Å². The fraction of sp³-hybridized carbons (Fsp3) is 0.125. The molecule has 0 heterocycles. The topological polar surface area (TPSA) is 111 Å². The van der Waals surface area contributed by atoms with E-state index < -0.39 is 4.92 Å². The molecule has 80 valence electrons. The van der Waals surface area contributed by atoms with Crippen molar-refractivity contribution in [3.05, 3.63) is 27.8 Å². The third kappa shape index (κ3) is 2.13. The molecule has 0 unspecified atom stereocenters. The van der Waals surface area contributed by atoms with E-state index in [-0.39, 0.29) is 22.7 Å². The van der Waals surface area contributed by atoms with Crippen molar-refractivity contribution in [1.82, 2.24) is 0 Å². The average Bonchev–Trinajstić information content (AvgIpc) is 2.21. The summed E-state index contributed by atoms with van der Waals surface area (Å²) >= 11 is 0. The van der Waals surface area contributed by atoms with Crippen molar-refractivity contribution in [2.45, 2.75) is 0 Å². The molecule has 0 aromatic heterocycles. The van der Waals surface area contributed by atoms with E-state index in [9.17, 15) is 15.2 Å². The first-order chi connectivity index (χ1) is 7.10. The van der Waals surface area contributed by atoms with Gasteiger partial charge in [-0.05, 0) is 0 Å². The summed E-state index contributed by atoms with van der Waals surface area (Å²) in [6.07, 6.45) is 1.10. The Morgan fingerprint density at radius 1 is 1.67 bits per heavy atom. The van der Waals surface area contributed by atoms with Gasteiger partial charge in [-0.15, -0.1) is 0 Å². The summed E-state index contributed by atoms with van der Waals surface area (Å²) < 4.78 is 4.77. The number of phenolic OH excluding ortho intramolecular Hbond substituents is 1. The zero-order chi connectivity index (χ0) is 11.4. The molecule has 0 atom stereocenters. The molecule has 1 aromatic rings. The highest BCUT2D eigenvalue weighted by Gasteiger charge is 2.15. The second-order valence-electron chi connectivity index (χ2n) is 2.62. The Labute approximate surface area is 84.9 Å². The number of benzene rings is 1. The Hall–Kier alpha value is -2.31. The van der Waals surface area contributed by atoms with E-state index >= 15 is 0 Å². The smallest absolute Gasteiger partial charge is 0.274 e. The van der Waals surface area contributed by atoms with Gasteiger partial charge >= 0.3 is 0 Å². The molecule has 0 aliphatic carbocycles. The molecular formula is C8H9N3O4. The van der Waals surface area contributed by atoms with E-state index in [1.165, 1.54) is 7.11 Å². The molecule has 0 amide bonds. The van der Waals surface area contributed by atoms with E-state index in [1.54, 1.807) is 0 Å². The third-order valence-corrected chi connectivity index (χ3v) is 1.73. The number of nitro benzene ring substituents is 1. The molecule has 0 aliphatic rings. The quantitative estimate of drug-likeness (QED) is 0.329. The standard InChI is InChI=1S/C8H9N3O4/c1-15-7-3-6(11(13)14)2-5(4-10-9)8(7)12/h2-4,12H,9H2,1H3/b10-4+. The minimum atomic E-state index is -0.601. The van der Waals surface area contributed by atoms with Crippen LogP contribution in [-0.4, -0.2) is 23.4 Å². The predicted molar refractivity (Wildman–Crippen MR) is 53.1 cm³/mol. The minimum Gasteiger partial charge on any atom is -0.504 e. The number of nitrogens with two attached hydrogens (primary N) is 1. The Balaban J connectivity index is 3.37. The van der Waals surface area contributed by atoms with Crippen molar-refractivity contribution in [1.29, 1.82) is 0 Å². The van der Waals surface area contributed by atoms with E-state index in [1.807, 2.05) is 0 Å². The molecule has 7 nitrogen and oxygen atoms in total. The highest BCUT2D eigenvalue weighted by molar-refractivity contribution is 5.86. The van der Waals surface area contributed by atoms with Gasteiger partial charge < -0.3 is 15.7 Å². The van der Waals surface area contributed by atoms with E-state index in [4.69, 9.17) is 10.6 Å². The maximum absolute atomic E-state index is 10.5. The van der Waals surface area contributed by atoms with Gasteiger partial charge in [0.1, 0.15) is 0 Å². The summed E-state index contributed by atoms with van der Waals surface area (Å²) in [7, 11) is 1.29.